The molecule has 1 fully saturated rings. The van der Waals surface area contributed by atoms with E-state index in [0.717, 1.165) is 18.4 Å². The van der Waals surface area contributed by atoms with Gasteiger partial charge in [0.1, 0.15) is 0 Å². The lowest BCUT2D eigenvalue weighted by Crippen LogP contribution is -2.50. The zero-order valence-electron chi connectivity index (χ0n) is 14.0. The highest BCUT2D eigenvalue weighted by atomic mass is 15.2. The van der Waals surface area contributed by atoms with Crippen LogP contribution in [-0.2, 0) is 6.54 Å². The van der Waals surface area contributed by atoms with Crippen molar-refractivity contribution in [2.24, 2.45) is 11.8 Å². The van der Waals surface area contributed by atoms with Crippen molar-refractivity contribution in [3.8, 4) is 0 Å². The molecule has 0 spiro atoms. The number of hydrogen-bond acceptors (Lipinski definition) is 2. The van der Waals surface area contributed by atoms with Crippen LogP contribution in [0.2, 0.25) is 0 Å². The zero-order valence-corrected chi connectivity index (χ0v) is 14.0. The Hall–Kier alpha value is -0.860. The van der Waals surface area contributed by atoms with Gasteiger partial charge < -0.3 is 10.2 Å². The second-order valence-corrected chi connectivity index (χ2v) is 6.92. The number of benzene rings is 1. The lowest BCUT2D eigenvalue weighted by atomic mass is 9.85. The van der Waals surface area contributed by atoms with Crippen molar-refractivity contribution in [2.45, 2.75) is 52.6 Å². The molecule has 1 aromatic rings. The lowest BCUT2D eigenvalue weighted by Gasteiger charge is -2.40. The first-order valence-corrected chi connectivity index (χ1v) is 8.68. The Bertz CT molecular complexity index is 388. The summed E-state index contributed by atoms with van der Waals surface area (Å²) in [4.78, 5) is 2.68. The Labute approximate surface area is 130 Å². The van der Waals surface area contributed by atoms with Crippen molar-refractivity contribution >= 4 is 0 Å². The van der Waals surface area contributed by atoms with Gasteiger partial charge in [-0.3, -0.25) is 0 Å². The van der Waals surface area contributed by atoms with E-state index in [1.54, 1.807) is 0 Å². The molecule has 1 N–H and O–H groups in total. The number of unbranched alkanes of at least 4 members (excludes halogenated alkanes) is 1. The predicted molar refractivity (Wildman–Crippen MR) is 91.4 cm³/mol. The molecule has 1 heterocycles. The number of hydrogen-bond donors (Lipinski definition) is 1. The zero-order chi connectivity index (χ0) is 15.1. The highest BCUT2D eigenvalue weighted by Crippen LogP contribution is 2.24. The minimum atomic E-state index is 0.642. The molecule has 1 saturated heterocycles. The van der Waals surface area contributed by atoms with Gasteiger partial charge in [-0.1, -0.05) is 57.5 Å². The van der Waals surface area contributed by atoms with E-state index < -0.39 is 0 Å². The van der Waals surface area contributed by atoms with E-state index in [1.165, 1.54) is 44.5 Å². The molecule has 2 nitrogen and oxygen atoms in total. The Kier molecular flexibility index (Phi) is 6.72. The molecule has 0 aliphatic carbocycles. The third-order valence-electron chi connectivity index (χ3n) is 4.77. The molecule has 1 aromatic carbocycles. The average Bonchev–Trinajstić information content (AvgIpc) is 2.51. The fraction of sp³-hybridized carbons (Fsp3) is 0.684. The van der Waals surface area contributed by atoms with Crippen LogP contribution in [0.5, 0.6) is 0 Å². The van der Waals surface area contributed by atoms with Crippen molar-refractivity contribution in [1.82, 2.24) is 10.2 Å². The summed E-state index contributed by atoms with van der Waals surface area (Å²) in [6, 6.07) is 11.4. The lowest BCUT2D eigenvalue weighted by molar-refractivity contribution is 0.114. The van der Waals surface area contributed by atoms with Crippen molar-refractivity contribution in [3.05, 3.63) is 35.9 Å². The van der Waals surface area contributed by atoms with E-state index in [-0.39, 0.29) is 0 Å². The maximum Gasteiger partial charge on any atom is 0.0208 e. The fourth-order valence-electron chi connectivity index (χ4n) is 3.29. The largest absolute Gasteiger partial charge is 0.309 e. The molecule has 0 radical (unpaired) electrons. The Morgan fingerprint density at radius 2 is 1.95 bits per heavy atom. The van der Waals surface area contributed by atoms with Gasteiger partial charge in [0.15, 0.2) is 0 Å². The molecule has 0 aromatic heterocycles. The molecular formula is C19H32N2. The molecular weight excluding hydrogens is 256 g/mol. The maximum atomic E-state index is 3.79. The van der Waals surface area contributed by atoms with Crippen LogP contribution in [0.15, 0.2) is 30.3 Å². The number of piperidine rings is 1. The first-order valence-electron chi connectivity index (χ1n) is 8.68. The monoisotopic (exact) mass is 288 g/mol. The summed E-state index contributed by atoms with van der Waals surface area (Å²) in [5.41, 5.74) is 1.39. The third-order valence-corrected chi connectivity index (χ3v) is 4.77. The Morgan fingerprint density at radius 1 is 1.19 bits per heavy atom. The molecule has 2 rings (SSSR count). The van der Waals surface area contributed by atoms with Crippen molar-refractivity contribution in [3.63, 3.8) is 0 Å². The van der Waals surface area contributed by atoms with E-state index >= 15 is 0 Å². The normalized spacial score (nSPS) is 23.6. The van der Waals surface area contributed by atoms with Crippen LogP contribution in [0.1, 0.15) is 45.6 Å². The average molecular weight is 288 g/mol. The number of rotatable bonds is 7. The fourth-order valence-corrected chi connectivity index (χ4v) is 3.29. The summed E-state index contributed by atoms with van der Waals surface area (Å²) in [5.74, 6) is 1.62. The highest BCUT2D eigenvalue weighted by Gasteiger charge is 2.28. The van der Waals surface area contributed by atoms with Crippen molar-refractivity contribution in [1.29, 1.82) is 0 Å². The van der Waals surface area contributed by atoms with E-state index in [1.807, 2.05) is 0 Å². The van der Waals surface area contributed by atoms with Crippen LogP contribution < -0.4 is 5.32 Å². The second-order valence-electron chi connectivity index (χ2n) is 6.92. The topological polar surface area (TPSA) is 15.3 Å². The predicted octanol–water partition coefficient (Wildman–Crippen LogP) is 3.92. The van der Waals surface area contributed by atoms with Crippen LogP contribution in [0, 0.1) is 11.8 Å². The summed E-state index contributed by atoms with van der Waals surface area (Å²) in [7, 11) is 0. The molecule has 2 heteroatoms. The number of nitrogens with one attached hydrogen (secondary N) is 1. The van der Waals surface area contributed by atoms with Gasteiger partial charge in [0.25, 0.3) is 0 Å². The molecule has 21 heavy (non-hydrogen) atoms. The van der Waals surface area contributed by atoms with Gasteiger partial charge in [0.2, 0.25) is 0 Å². The molecule has 0 amide bonds. The Balaban J connectivity index is 1.87. The van der Waals surface area contributed by atoms with Gasteiger partial charge >= 0.3 is 0 Å². The van der Waals surface area contributed by atoms with E-state index in [9.17, 15) is 0 Å². The van der Waals surface area contributed by atoms with Crippen LogP contribution in [0.3, 0.4) is 0 Å². The van der Waals surface area contributed by atoms with Crippen LogP contribution in [-0.4, -0.2) is 30.6 Å². The van der Waals surface area contributed by atoms with Crippen LogP contribution in [0.4, 0.5) is 0 Å². The standard InChI is InChI=1S/C19H32N2/c1-4-5-11-21-14-18(16(2)3)12-19(15-21)20-13-17-9-7-6-8-10-17/h6-10,16,18-20H,4-5,11-15H2,1-3H3. The summed E-state index contributed by atoms with van der Waals surface area (Å²) in [6.07, 6.45) is 3.95. The van der Waals surface area contributed by atoms with Gasteiger partial charge in [-0.25, -0.2) is 0 Å². The Morgan fingerprint density at radius 3 is 2.62 bits per heavy atom. The quantitative estimate of drug-likeness (QED) is 0.818. The number of likely N-dealkylation sites (tertiary alicyclic amines) is 1. The smallest absolute Gasteiger partial charge is 0.0208 e. The summed E-state index contributed by atoms with van der Waals surface area (Å²) < 4.78 is 0. The first kappa shape index (κ1) is 16.5. The van der Waals surface area contributed by atoms with Gasteiger partial charge in [0.05, 0.1) is 0 Å². The maximum absolute atomic E-state index is 3.79. The number of nitrogens with zero attached hydrogens (tertiary/aromatic N) is 1. The minimum Gasteiger partial charge on any atom is -0.309 e. The van der Waals surface area contributed by atoms with Gasteiger partial charge in [-0.05, 0) is 36.8 Å². The molecule has 0 bridgehead atoms. The first-order chi connectivity index (χ1) is 10.2. The highest BCUT2D eigenvalue weighted by molar-refractivity contribution is 5.14. The molecule has 2 unspecified atom stereocenters. The SMILES string of the molecule is CCCCN1CC(NCc2ccccc2)CC(C(C)C)C1. The van der Waals surface area contributed by atoms with E-state index in [4.69, 9.17) is 0 Å². The van der Waals surface area contributed by atoms with Gasteiger partial charge in [0, 0.05) is 25.7 Å². The molecule has 1 aliphatic rings. The van der Waals surface area contributed by atoms with Crippen molar-refractivity contribution < 1.29 is 0 Å². The molecule has 0 saturated carbocycles. The minimum absolute atomic E-state index is 0.642. The molecule has 1 aliphatic heterocycles. The van der Waals surface area contributed by atoms with Crippen molar-refractivity contribution in [2.75, 3.05) is 19.6 Å². The van der Waals surface area contributed by atoms with Crippen LogP contribution >= 0.6 is 0 Å². The van der Waals surface area contributed by atoms with Gasteiger partial charge in [-0.2, -0.15) is 0 Å². The summed E-state index contributed by atoms with van der Waals surface area (Å²) >= 11 is 0. The van der Waals surface area contributed by atoms with E-state index in [0.29, 0.717) is 6.04 Å². The summed E-state index contributed by atoms with van der Waals surface area (Å²) in [6.45, 7) is 11.8. The van der Waals surface area contributed by atoms with Gasteiger partial charge in [-0.15, -0.1) is 0 Å². The molecule has 2 atom stereocenters. The second kappa shape index (κ2) is 8.55. The third kappa shape index (κ3) is 5.44. The molecule has 118 valence electrons. The summed E-state index contributed by atoms with van der Waals surface area (Å²) in [5, 5.41) is 3.79. The van der Waals surface area contributed by atoms with E-state index in [2.05, 4.69) is 61.3 Å². The van der Waals surface area contributed by atoms with Crippen LogP contribution in [0.25, 0.3) is 0 Å².